The molecule has 2 rings (SSSR count). The van der Waals surface area contributed by atoms with Crippen molar-refractivity contribution in [1.82, 2.24) is 20.1 Å². The van der Waals surface area contributed by atoms with Crippen LogP contribution in [0, 0.1) is 5.92 Å². The zero-order valence-electron chi connectivity index (χ0n) is 15.4. The largest absolute Gasteiger partial charge is 0.478 e. The maximum absolute atomic E-state index is 11.7. The Labute approximate surface area is 157 Å². The molecule has 8 heteroatoms. The minimum Gasteiger partial charge on any atom is -0.478 e. The number of carboxylic acid groups (broad SMARTS) is 1. The lowest BCUT2D eigenvalue weighted by atomic mass is 10.0. The van der Waals surface area contributed by atoms with E-state index in [4.69, 9.17) is 0 Å². The van der Waals surface area contributed by atoms with E-state index >= 15 is 0 Å². The highest BCUT2D eigenvalue weighted by Gasteiger charge is 2.26. The number of rotatable bonds is 8. The molecule has 2 aromatic rings. The monoisotopic (exact) mass is 376 g/mol. The van der Waals surface area contributed by atoms with Crippen molar-refractivity contribution >= 4 is 23.6 Å². The molecule has 26 heavy (non-hydrogen) atoms. The Bertz CT molecular complexity index is 788. The number of nitrogens with zero attached hydrogens (tertiary/aromatic N) is 3. The van der Waals surface area contributed by atoms with Gasteiger partial charge in [-0.05, 0) is 24.3 Å². The molecule has 1 heterocycles. The molecule has 1 amide bonds. The molecule has 7 nitrogen and oxygen atoms in total. The number of benzene rings is 1. The number of carboxylic acids is 1. The van der Waals surface area contributed by atoms with Gasteiger partial charge in [-0.2, -0.15) is 16.9 Å². The first-order chi connectivity index (χ1) is 12.3. The molecule has 1 aromatic heterocycles. The van der Waals surface area contributed by atoms with Gasteiger partial charge in [0.15, 0.2) is 11.6 Å². The third-order valence-electron chi connectivity index (χ3n) is 3.87. The molecule has 0 spiro atoms. The smallest absolute Gasteiger partial charge is 0.337 e. The van der Waals surface area contributed by atoms with Crippen molar-refractivity contribution in [3.63, 3.8) is 0 Å². The van der Waals surface area contributed by atoms with Crippen LogP contribution < -0.4 is 5.32 Å². The summed E-state index contributed by atoms with van der Waals surface area (Å²) in [5.41, 5.74) is 0.578. The minimum atomic E-state index is -1.03. The van der Waals surface area contributed by atoms with Crippen LogP contribution in [0.1, 0.15) is 48.8 Å². The van der Waals surface area contributed by atoms with Gasteiger partial charge in [0.05, 0.1) is 17.3 Å². The van der Waals surface area contributed by atoms with E-state index in [1.54, 1.807) is 34.6 Å². The Kier molecular flexibility index (Phi) is 6.79. The normalized spacial score (nSPS) is 12.2. The zero-order valence-corrected chi connectivity index (χ0v) is 16.2. The van der Waals surface area contributed by atoms with Crippen molar-refractivity contribution in [2.24, 2.45) is 5.92 Å². The lowest BCUT2D eigenvalue weighted by Crippen LogP contribution is -2.32. The number of thioether (sulfide) groups is 1. The van der Waals surface area contributed by atoms with Gasteiger partial charge in [0.25, 0.3) is 0 Å². The lowest BCUT2D eigenvalue weighted by molar-refractivity contribution is -0.120. The van der Waals surface area contributed by atoms with E-state index in [1.165, 1.54) is 13.0 Å². The first kappa shape index (κ1) is 20.0. The molecule has 0 saturated heterocycles. The summed E-state index contributed by atoms with van der Waals surface area (Å²) in [7, 11) is 0. The van der Waals surface area contributed by atoms with Crippen LogP contribution in [0.5, 0.6) is 0 Å². The first-order valence-electron chi connectivity index (χ1n) is 8.39. The molecule has 0 aliphatic heterocycles. The third kappa shape index (κ3) is 4.63. The molecule has 1 aromatic carbocycles. The second kappa shape index (κ2) is 8.84. The highest BCUT2D eigenvalue weighted by atomic mass is 32.2. The Hall–Kier alpha value is -2.35. The number of carbonyl (C=O) groups excluding carboxylic acids is 1. The fourth-order valence-corrected chi connectivity index (χ4v) is 3.02. The number of aromatic nitrogens is 3. The summed E-state index contributed by atoms with van der Waals surface area (Å²) < 4.78 is 1.56. The van der Waals surface area contributed by atoms with Crippen LogP contribution in [0.3, 0.4) is 0 Å². The van der Waals surface area contributed by atoms with Gasteiger partial charge in [-0.15, -0.1) is 0 Å². The van der Waals surface area contributed by atoms with Crippen LogP contribution in [-0.2, 0) is 11.2 Å². The molecule has 0 fully saturated rings. The van der Waals surface area contributed by atoms with Crippen LogP contribution in [0.4, 0.5) is 0 Å². The fourth-order valence-electron chi connectivity index (χ4n) is 2.63. The van der Waals surface area contributed by atoms with E-state index in [-0.39, 0.29) is 23.4 Å². The van der Waals surface area contributed by atoms with Crippen LogP contribution >= 0.6 is 11.8 Å². The van der Waals surface area contributed by atoms with Crippen LogP contribution in [-0.4, -0.2) is 43.8 Å². The number of amides is 1. The van der Waals surface area contributed by atoms with E-state index < -0.39 is 5.97 Å². The van der Waals surface area contributed by atoms with Gasteiger partial charge < -0.3 is 10.4 Å². The van der Waals surface area contributed by atoms with Crippen molar-refractivity contribution in [3.05, 3.63) is 41.5 Å². The second-order valence-corrected chi connectivity index (χ2v) is 7.27. The van der Waals surface area contributed by atoms with Gasteiger partial charge in [-0.1, -0.05) is 26.0 Å². The summed E-state index contributed by atoms with van der Waals surface area (Å²) in [6.45, 7) is 5.41. The minimum absolute atomic E-state index is 0.0623. The predicted octanol–water partition coefficient (Wildman–Crippen LogP) is 2.70. The first-order valence-corrected chi connectivity index (χ1v) is 9.79. The number of para-hydroxylation sites is 1. The summed E-state index contributed by atoms with van der Waals surface area (Å²) in [4.78, 5) is 27.9. The molecule has 0 bridgehead atoms. The van der Waals surface area contributed by atoms with Gasteiger partial charge in [-0.25, -0.2) is 14.5 Å². The van der Waals surface area contributed by atoms with E-state index in [1.807, 2.05) is 20.1 Å². The summed E-state index contributed by atoms with van der Waals surface area (Å²) >= 11 is 1.69. The summed E-state index contributed by atoms with van der Waals surface area (Å²) in [5.74, 6) is 0.887. The van der Waals surface area contributed by atoms with E-state index in [9.17, 15) is 14.7 Å². The number of nitrogens with one attached hydrogen (secondary N) is 1. The maximum atomic E-state index is 11.7. The summed E-state index contributed by atoms with van der Waals surface area (Å²) in [5, 5.41) is 17.0. The van der Waals surface area contributed by atoms with Gasteiger partial charge >= 0.3 is 5.97 Å². The van der Waals surface area contributed by atoms with Crippen molar-refractivity contribution in [3.8, 4) is 5.69 Å². The average Bonchev–Trinajstić information content (AvgIpc) is 3.01. The quantitative estimate of drug-likeness (QED) is 0.735. The fraction of sp³-hybridized carbons (Fsp3) is 0.444. The number of hydrogen-bond acceptors (Lipinski definition) is 5. The van der Waals surface area contributed by atoms with Gasteiger partial charge in [0, 0.05) is 19.1 Å². The highest BCUT2D eigenvalue weighted by Crippen LogP contribution is 2.25. The molecule has 0 aliphatic carbocycles. The molecular weight excluding hydrogens is 352 g/mol. The van der Waals surface area contributed by atoms with Crippen LogP contribution in [0.25, 0.3) is 5.69 Å². The predicted molar refractivity (Wildman–Crippen MR) is 102 cm³/mol. The van der Waals surface area contributed by atoms with Gasteiger partial charge in [0.1, 0.15) is 0 Å². The number of aryl methyl sites for hydroxylation is 1. The molecule has 1 unspecified atom stereocenters. The zero-order chi connectivity index (χ0) is 19.3. The number of aromatic carboxylic acids is 1. The molecule has 1 atom stereocenters. The standard InChI is InChI=1S/C18H24N4O3S/c1-11(2)16(19-12(3)23)17-20-15(9-10-26-4)21-22(17)14-8-6-5-7-13(14)18(24)25/h5-8,11,16H,9-10H2,1-4H3,(H,19,23)(H,24,25). The Morgan fingerprint density at radius 3 is 2.58 bits per heavy atom. The summed E-state index contributed by atoms with van der Waals surface area (Å²) in [6, 6.07) is 6.30. The Morgan fingerprint density at radius 2 is 2.00 bits per heavy atom. The second-order valence-electron chi connectivity index (χ2n) is 6.29. The molecule has 0 aliphatic rings. The average molecular weight is 376 g/mol. The van der Waals surface area contributed by atoms with E-state index in [0.29, 0.717) is 23.8 Å². The van der Waals surface area contributed by atoms with Gasteiger partial charge in [-0.3, -0.25) is 4.79 Å². The molecule has 2 N–H and O–H groups in total. The highest BCUT2D eigenvalue weighted by molar-refractivity contribution is 7.98. The van der Waals surface area contributed by atoms with Crippen molar-refractivity contribution in [2.45, 2.75) is 33.2 Å². The maximum Gasteiger partial charge on any atom is 0.337 e. The van der Waals surface area contributed by atoms with Crippen LogP contribution in [0.2, 0.25) is 0 Å². The number of hydrogen-bond donors (Lipinski definition) is 2. The van der Waals surface area contributed by atoms with E-state index in [0.717, 1.165) is 5.75 Å². The van der Waals surface area contributed by atoms with Crippen molar-refractivity contribution in [1.29, 1.82) is 0 Å². The molecule has 0 saturated carbocycles. The third-order valence-corrected chi connectivity index (χ3v) is 4.48. The number of carbonyl (C=O) groups is 2. The van der Waals surface area contributed by atoms with Crippen LogP contribution in [0.15, 0.2) is 24.3 Å². The Morgan fingerprint density at radius 1 is 1.31 bits per heavy atom. The van der Waals surface area contributed by atoms with E-state index in [2.05, 4.69) is 15.4 Å². The molecular formula is C18H24N4O3S. The van der Waals surface area contributed by atoms with Crippen molar-refractivity contribution < 1.29 is 14.7 Å². The lowest BCUT2D eigenvalue weighted by Gasteiger charge is -2.21. The topological polar surface area (TPSA) is 97.1 Å². The Balaban J connectivity index is 2.61. The molecule has 0 radical (unpaired) electrons. The summed E-state index contributed by atoms with van der Waals surface area (Å²) in [6.07, 6.45) is 2.67. The van der Waals surface area contributed by atoms with Crippen molar-refractivity contribution in [2.75, 3.05) is 12.0 Å². The van der Waals surface area contributed by atoms with Gasteiger partial charge in [0.2, 0.25) is 5.91 Å². The SMILES string of the molecule is CSCCc1nc(C(NC(C)=O)C(C)C)n(-c2ccccc2C(=O)O)n1. The molecule has 140 valence electrons.